The zero-order valence-corrected chi connectivity index (χ0v) is 8.53. The van der Waals surface area contributed by atoms with E-state index in [4.69, 9.17) is 15.2 Å². The Morgan fingerprint density at radius 3 is 2.31 bits per heavy atom. The summed E-state index contributed by atoms with van der Waals surface area (Å²) in [5, 5.41) is 9.34. The Kier molecular flexibility index (Phi) is 8.33. The summed E-state index contributed by atoms with van der Waals surface area (Å²) < 4.78 is 10.3. The Morgan fingerprint density at radius 2 is 1.77 bits per heavy atom. The van der Waals surface area contributed by atoms with Gasteiger partial charge in [-0.25, -0.2) is 0 Å². The molecule has 1 atom stereocenters. The van der Waals surface area contributed by atoms with Crippen molar-refractivity contribution in [2.75, 3.05) is 33.0 Å². The lowest BCUT2D eigenvalue weighted by atomic mass is 10.1. The first-order valence-electron chi connectivity index (χ1n) is 4.72. The van der Waals surface area contributed by atoms with Crippen molar-refractivity contribution in [2.24, 2.45) is 11.7 Å². The number of hydrogen-bond acceptors (Lipinski definition) is 4. The maximum atomic E-state index is 9.34. The third-order valence-electron chi connectivity index (χ3n) is 1.69. The van der Waals surface area contributed by atoms with Crippen LogP contribution in [0.1, 0.15) is 13.8 Å². The molecule has 3 N–H and O–H groups in total. The first-order chi connectivity index (χ1) is 6.18. The van der Waals surface area contributed by atoms with Crippen LogP contribution in [0.25, 0.3) is 0 Å². The van der Waals surface area contributed by atoms with Crippen molar-refractivity contribution in [3.63, 3.8) is 0 Å². The molecular formula is C9H21NO3. The van der Waals surface area contributed by atoms with Gasteiger partial charge in [-0.3, -0.25) is 0 Å². The topological polar surface area (TPSA) is 64.7 Å². The van der Waals surface area contributed by atoms with Crippen LogP contribution in [0.3, 0.4) is 0 Å². The van der Waals surface area contributed by atoms with Crippen LogP contribution < -0.4 is 5.73 Å². The van der Waals surface area contributed by atoms with Gasteiger partial charge in [0.05, 0.1) is 32.5 Å². The van der Waals surface area contributed by atoms with E-state index in [-0.39, 0.29) is 12.0 Å². The highest BCUT2D eigenvalue weighted by atomic mass is 16.5. The fourth-order valence-electron chi connectivity index (χ4n) is 0.700. The second-order valence-electron chi connectivity index (χ2n) is 3.29. The smallest absolute Gasteiger partial charge is 0.0796 e. The van der Waals surface area contributed by atoms with Crippen molar-refractivity contribution >= 4 is 0 Å². The number of aliphatic hydroxyl groups excluding tert-OH is 1. The molecule has 80 valence electrons. The van der Waals surface area contributed by atoms with Crippen LogP contribution in [0.2, 0.25) is 0 Å². The molecule has 0 aromatic rings. The molecule has 0 spiro atoms. The molecule has 13 heavy (non-hydrogen) atoms. The van der Waals surface area contributed by atoms with E-state index in [1.165, 1.54) is 0 Å². The SMILES string of the molecule is CC(C)C(O)COCCOCCN. The van der Waals surface area contributed by atoms with Gasteiger partial charge in [-0.15, -0.1) is 0 Å². The molecule has 0 amide bonds. The molecule has 1 unspecified atom stereocenters. The Labute approximate surface area is 80.0 Å². The van der Waals surface area contributed by atoms with Gasteiger partial charge in [0.1, 0.15) is 0 Å². The second-order valence-corrected chi connectivity index (χ2v) is 3.29. The lowest BCUT2D eigenvalue weighted by Gasteiger charge is -2.14. The predicted molar refractivity (Wildman–Crippen MR) is 51.5 cm³/mol. The van der Waals surface area contributed by atoms with Gasteiger partial charge in [0.25, 0.3) is 0 Å². The number of ether oxygens (including phenoxy) is 2. The van der Waals surface area contributed by atoms with Crippen molar-refractivity contribution in [3.05, 3.63) is 0 Å². The molecule has 0 radical (unpaired) electrons. The van der Waals surface area contributed by atoms with Crippen LogP contribution in [0, 0.1) is 5.92 Å². The molecule has 4 nitrogen and oxygen atoms in total. The maximum absolute atomic E-state index is 9.34. The predicted octanol–water partition coefficient (Wildman–Crippen LogP) is -0.00480. The van der Waals surface area contributed by atoms with Gasteiger partial charge < -0.3 is 20.3 Å². The molecule has 0 rings (SSSR count). The van der Waals surface area contributed by atoms with E-state index in [0.29, 0.717) is 33.0 Å². The van der Waals surface area contributed by atoms with Gasteiger partial charge in [0, 0.05) is 6.54 Å². The summed E-state index contributed by atoms with van der Waals surface area (Å²) in [5.74, 6) is 0.241. The molecule has 0 fully saturated rings. The Morgan fingerprint density at radius 1 is 1.15 bits per heavy atom. The molecule has 0 aromatic carbocycles. The van der Waals surface area contributed by atoms with Gasteiger partial charge in [-0.05, 0) is 5.92 Å². The average Bonchev–Trinajstić information content (AvgIpc) is 2.10. The van der Waals surface area contributed by atoms with Crippen molar-refractivity contribution < 1.29 is 14.6 Å². The third kappa shape index (κ3) is 8.18. The minimum Gasteiger partial charge on any atom is -0.390 e. The molecule has 0 aliphatic carbocycles. The van der Waals surface area contributed by atoms with Gasteiger partial charge >= 0.3 is 0 Å². The normalized spacial score (nSPS) is 13.6. The van der Waals surface area contributed by atoms with Crippen LogP contribution in [-0.2, 0) is 9.47 Å². The zero-order valence-electron chi connectivity index (χ0n) is 8.53. The number of rotatable bonds is 8. The minimum atomic E-state index is -0.380. The van der Waals surface area contributed by atoms with Gasteiger partial charge in [-0.1, -0.05) is 13.8 Å². The van der Waals surface area contributed by atoms with Crippen molar-refractivity contribution in [1.82, 2.24) is 0 Å². The third-order valence-corrected chi connectivity index (χ3v) is 1.69. The lowest BCUT2D eigenvalue weighted by Crippen LogP contribution is -2.23. The molecule has 0 aromatic heterocycles. The fraction of sp³-hybridized carbons (Fsp3) is 1.00. The van der Waals surface area contributed by atoms with Crippen LogP contribution in [0.4, 0.5) is 0 Å². The van der Waals surface area contributed by atoms with E-state index in [1.807, 2.05) is 13.8 Å². The summed E-state index contributed by atoms with van der Waals surface area (Å²) in [4.78, 5) is 0. The highest BCUT2D eigenvalue weighted by molar-refractivity contribution is 4.57. The maximum Gasteiger partial charge on any atom is 0.0796 e. The lowest BCUT2D eigenvalue weighted by molar-refractivity contribution is -0.0102. The van der Waals surface area contributed by atoms with Crippen LogP contribution in [0.5, 0.6) is 0 Å². The van der Waals surface area contributed by atoms with Gasteiger partial charge in [0.15, 0.2) is 0 Å². The number of hydrogen-bond donors (Lipinski definition) is 2. The summed E-state index contributed by atoms with van der Waals surface area (Å²) in [7, 11) is 0. The second kappa shape index (κ2) is 8.44. The standard InChI is InChI=1S/C9H21NO3/c1-8(2)9(11)7-13-6-5-12-4-3-10/h8-9,11H,3-7,10H2,1-2H3. The van der Waals surface area contributed by atoms with Crippen LogP contribution in [0.15, 0.2) is 0 Å². The number of aliphatic hydroxyl groups is 1. The molecule has 0 heterocycles. The molecule has 0 saturated heterocycles. The molecule has 0 bridgehead atoms. The zero-order chi connectivity index (χ0) is 10.1. The van der Waals surface area contributed by atoms with Crippen molar-refractivity contribution in [3.8, 4) is 0 Å². The Bertz CT molecular complexity index is 109. The van der Waals surface area contributed by atoms with E-state index < -0.39 is 0 Å². The summed E-state index contributed by atoms with van der Waals surface area (Å²) in [5.41, 5.74) is 5.23. The van der Waals surface area contributed by atoms with E-state index in [0.717, 1.165) is 0 Å². The molecular weight excluding hydrogens is 170 g/mol. The largest absolute Gasteiger partial charge is 0.390 e. The van der Waals surface area contributed by atoms with E-state index in [2.05, 4.69) is 0 Å². The van der Waals surface area contributed by atoms with Gasteiger partial charge in [-0.2, -0.15) is 0 Å². The van der Waals surface area contributed by atoms with Gasteiger partial charge in [0.2, 0.25) is 0 Å². The first kappa shape index (κ1) is 12.8. The number of nitrogens with two attached hydrogens (primary N) is 1. The Hall–Kier alpha value is -0.160. The Balaban J connectivity index is 3.07. The first-order valence-corrected chi connectivity index (χ1v) is 4.72. The molecule has 0 aliphatic heterocycles. The van der Waals surface area contributed by atoms with E-state index in [1.54, 1.807) is 0 Å². The quantitative estimate of drug-likeness (QED) is 0.530. The van der Waals surface area contributed by atoms with Crippen molar-refractivity contribution in [2.45, 2.75) is 20.0 Å². The molecule has 0 saturated carbocycles. The van der Waals surface area contributed by atoms with Crippen LogP contribution in [-0.4, -0.2) is 44.2 Å². The highest BCUT2D eigenvalue weighted by Gasteiger charge is 2.08. The summed E-state index contributed by atoms with van der Waals surface area (Å²) in [6, 6.07) is 0. The van der Waals surface area contributed by atoms with E-state index >= 15 is 0 Å². The highest BCUT2D eigenvalue weighted by Crippen LogP contribution is 2.00. The minimum absolute atomic E-state index is 0.241. The average molecular weight is 191 g/mol. The fourth-order valence-corrected chi connectivity index (χ4v) is 0.700. The summed E-state index contributed by atoms with van der Waals surface area (Å²) >= 11 is 0. The summed E-state index contributed by atoms with van der Waals surface area (Å²) in [6.45, 7) is 6.46. The van der Waals surface area contributed by atoms with Crippen LogP contribution >= 0.6 is 0 Å². The molecule has 4 heteroatoms. The molecule has 0 aliphatic rings. The monoisotopic (exact) mass is 191 g/mol. The van der Waals surface area contributed by atoms with E-state index in [9.17, 15) is 5.11 Å². The van der Waals surface area contributed by atoms with Crippen molar-refractivity contribution in [1.29, 1.82) is 0 Å². The summed E-state index contributed by atoms with van der Waals surface area (Å²) in [6.07, 6.45) is -0.380.